The van der Waals surface area contributed by atoms with E-state index in [4.69, 9.17) is 10.5 Å². The Labute approximate surface area is 84.5 Å². The quantitative estimate of drug-likeness (QED) is 0.752. The zero-order valence-corrected chi connectivity index (χ0v) is 8.43. The van der Waals surface area contributed by atoms with E-state index in [2.05, 4.69) is 12.1 Å². The Morgan fingerprint density at radius 3 is 2.92 bits per heavy atom. The van der Waals surface area contributed by atoms with Crippen molar-refractivity contribution in [2.45, 2.75) is 18.9 Å². The molecule has 1 aliphatic rings. The first-order chi connectivity index (χ1) is 5.81. The summed E-state index contributed by atoms with van der Waals surface area (Å²) in [5.74, 6) is 0.933. The van der Waals surface area contributed by atoms with Crippen molar-refractivity contribution in [2.24, 2.45) is 5.73 Å². The van der Waals surface area contributed by atoms with E-state index < -0.39 is 0 Å². The second-order valence-electron chi connectivity index (χ2n) is 3.21. The summed E-state index contributed by atoms with van der Waals surface area (Å²) in [7, 11) is 1.69. The minimum Gasteiger partial charge on any atom is -0.497 e. The van der Waals surface area contributed by atoms with E-state index in [0.29, 0.717) is 0 Å². The van der Waals surface area contributed by atoms with Crippen molar-refractivity contribution >= 4 is 12.4 Å². The van der Waals surface area contributed by atoms with E-state index in [0.717, 1.165) is 18.6 Å². The Morgan fingerprint density at radius 2 is 2.23 bits per heavy atom. The largest absolute Gasteiger partial charge is 0.497 e. The van der Waals surface area contributed by atoms with Crippen LogP contribution in [0.15, 0.2) is 18.2 Å². The molecule has 0 fully saturated rings. The molecule has 0 spiro atoms. The fourth-order valence-electron chi connectivity index (χ4n) is 1.75. The summed E-state index contributed by atoms with van der Waals surface area (Å²) in [6.45, 7) is 0. The van der Waals surface area contributed by atoms with Crippen molar-refractivity contribution in [3.63, 3.8) is 0 Å². The van der Waals surface area contributed by atoms with Gasteiger partial charge in [-0.05, 0) is 36.1 Å². The smallest absolute Gasteiger partial charge is 0.119 e. The molecular weight excluding hydrogens is 186 g/mol. The van der Waals surface area contributed by atoms with Crippen LogP contribution in [-0.4, -0.2) is 7.11 Å². The topological polar surface area (TPSA) is 35.2 Å². The van der Waals surface area contributed by atoms with E-state index in [1.807, 2.05) is 6.07 Å². The first kappa shape index (κ1) is 10.4. The van der Waals surface area contributed by atoms with Gasteiger partial charge in [-0.2, -0.15) is 0 Å². The Balaban J connectivity index is 0.000000845. The highest BCUT2D eigenvalue weighted by atomic mass is 35.5. The van der Waals surface area contributed by atoms with Crippen molar-refractivity contribution in [2.75, 3.05) is 7.11 Å². The number of nitrogens with two attached hydrogens (primary N) is 1. The molecule has 2 rings (SSSR count). The highest BCUT2D eigenvalue weighted by molar-refractivity contribution is 5.85. The maximum atomic E-state index is 5.90. The van der Waals surface area contributed by atoms with E-state index in [1.165, 1.54) is 11.1 Å². The van der Waals surface area contributed by atoms with Gasteiger partial charge in [0.1, 0.15) is 5.75 Å². The van der Waals surface area contributed by atoms with E-state index in [9.17, 15) is 0 Å². The van der Waals surface area contributed by atoms with Gasteiger partial charge in [0.2, 0.25) is 0 Å². The summed E-state index contributed by atoms with van der Waals surface area (Å²) in [4.78, 5) is 0. The van der Waals surface area contributed by atoms with Crippen LogP contribution in [0.5, 0.6) is 5.75 Å². The molecule has 0 aliphatic heterocycles. The van der Waals surface area contributed by atoms with Crippen LogP contribution in [0.1, 0.15) is 23.6 Å². The molecule has 0 saturated carbocycles. The van der Waals surface area contributed by atoms with Crippen LogP contribution >= 0.6 is 12.4 Å². The number of aryl methyl sites for hydroxylation is 1. The van der Waals surface area contributed by atoms with Gasteiger partial charge < -0.3 is 10.5 Å². The number of fused-ring (bicyclic) bond motifs is 1. The number of benzene rings is 1. The number of rotatable bonds is 1. The molecule has 0 unspecified atom stereocenters. The van der Waals surface area contributed by atoms with Crippen molar-refractivity contribution in [3.8, 4) is 5.75 Å². The molecule has 0 aromatic heterocycles. The van der Waals surface area contributed by atoms with Crippen LogP contribution in [0.4, 0.5) is 0 Å². The number of hydrogen-bond acceptors (Lipinski definition) is 2. The van der Waals surface area contributed by atoms with Crippen LogP contribution in [0, 0.1) is 0 Å². The molecule has 0 radical (unpaired) electrons. The Kier molecular flexibility index (Phi) is 3.17. The third kappa shape index (κ3) is 1.79. The van der Waals surface area contributed by atoms with Gasteiger partial charge in [0.15, 0.2) is 0 Å². The normalized spacial score (nSPS) is 19.1. The standard InChI is InChI=1S/C10H13NO.ClH/c1-12-8-3-4-9-7(6-8)2-5-10(9)11;/h3-4,6,10H,2,5,11H2,1H3;1H/t10-;/m1./s1. The highest BCUT2D eigenvalue weighted by Crippen LogP contribution is 2.31. The van der Waals surface area contributed by atoms with Crippen LogP contribution in [-0.2, 0) is 6.42 Å². The number of methoxy groups -OCH3 is 1. The lowest BCUT2D eigenvalue weighted by Crippen LogP contribution is -2.04. The van der Waals surface area contributed by atoms with Gasteiger partial charge >= 0.3 is 0 Å². The minimum absolute atomic E-state index is 0. The molecule has 1 atom stereocenters. The van der Waals surface area contributed by atoms with Gasteiger partial charge in [-0.15, -0.1) is 12.4 Å². The van der Waals surface area contributed by atoms with Crippen molar-refractivity contribution in [1.82, 2.24) is 0 Å². The average molecular weight is 200 g/mol. The molecule has 1 aliphatic carbocycles. The van der Waals surface area contributed by atoms with Crippen molar-refractivity contribution < 1.29 is 4.74 Å². The van der Waals surface area contributed by atoms with Crippen molar-refractivity contribution in [3.05, 3.63) is 29.3 Å². The monoisotopic (exact) mass is 199 g/mol. The third-order valence-electron chi connectivity index (χ3n) is 2.47. The molecule has 0 amide bonds. The van der Waals surface area contributed by atoms with Crippen LogP contribution in [0.3, 0.4) is 0 Å². The zero-order valence-electron chi connectivity index (χ0n) is 7.62. The fourth-order valence-corrected chi connectivity index (χ4v) is 1.75. The summed E-state index contributed by atoms with van der Waals surface area (Å²) >= 11 is 0. The Hall–Kier alpha value is -0.730. The van der Waals surface area contributed by atoms with Crippen LogP contribution in [0.2, 0.25) is 0 Å². The van der Waals surface area contributed by atoms with Crippen molar-refractivity contribution in [1.29, 1.82) is 0 Å². The van der Waals surface area contributed by atoms with E-state index in [1.54, 1.807) is 7.11 Å². The van der Waals surface area contributed by atoms with Gasteiger partial charge in [-0.3, -0.25) is 0 Å². The van der Waals surface area contributed by atoms with Gasteiger partial charge in [0.05, 0.1) is 7.11 Å². The number of hydrogen-bond donors (Lipinski definition) is 1. The van der Waals surface area contributed by atoms with Gasteiger partial charge in [-0.1, -0.05) is 6.07 Å². The number of ether oxygens (including phenoxy) is 1. The summed E-state index contributed by atoms with van der Waals surface area (Å²) in [6.07, 6.45) is 2.16. The molecule has 0 bridgehead atoms. The van der Waals surface area contributed by atoms with Crippen LogP contribution in [0.25, 0.3) is 0 Å². The van der Waals surface area contributed by atoms with Crippen LogP contribution < -0.4 is 10.5 Å². The predicted molar refractivity (Wildman–Crippen MR) is 55.5 cm³/mol. The van der Waals surface area contributed by atoms with Gasteiger partial charge in [0.25, 0.3) is 0 Å². The second kappa shape index (κ2) is 3.99. The molecule has 1 aromatic carbocycles. The minimum atomic E-state index is 0. The first-order valence-corrected chi connectivity index (χ1v) is 4.23. The molecule has 13 heavy (non-hydrogen) atoms. The second-order valence-corrected chi connectivity index (χ2v) is 3.21. The lowest BCUT2D eigenvalue weighted by molar-refractivity contribution is 0.414. The fraction of sp³-hybridized carbons (Fsp3) is 0.400. The summed E-state index contributed by atoms with van der Waals surface area (Å²) < 4.78 is 5.13. The summed E-state index contributed by atoms with van der Waals surface area (Å²) in [5.41, 5.74) is 8.53. The highest BCUT2D eigenvalue weighted by Gasteiger charge is 2.18. The molecular formula is C10H14ClNO. The SMILES string of the molecule is COc1ccc2c(c1)CC[C@H]2N.Cl. The lowest BCUT2D eigenvalue weighted by Gasteiger charge is -2.05. The maximum absolute atomic E-state index is 5.90. The third-order valence-corrected chi connectivity index (χ3v) is 2.47. The average Bonchev–Trinajstić information content (AvgIpc) is 2.47. The summed E-state index contributed by atoms with van der Waals surface area (Å²) in [6, 6.07) is 6.38. The van der Waals surface area contributed by atoms with Gasteiger partial charge in [0, 0.05) is 6.04 Å². The molecule has 1 aromatic rings. The van der Waals surface area contributed by atoms with Gasteiger partial charge in [-0.25, -0.2) is 0 Å². The molecule has 2 N–H and O–H groups in total. The number of halogens is 1. The Bertz CT molecular complexity index is 301. The first-order valence-electron chi connectivity index (χ1n) is 4.23. The van der Waals surface area contributed by atoms with E-state index >= 15 is 0 Å². The molecule has 0 saturated heterocycles. The maximum Gasteiger partial charge on any atom is 0.119 e. The molecule has 3 heteroatoms. The molecule has 2 nitrogen and oxygen atoms in total. The molecule has 0 heterocycles. The predicted octanol–water partition coefficient (Wildman–Crippen LogP) is 2.06. The Morgan fingerprint density at radius 1 is 1.46 bits per heavy atom. The zero-order chi connectivity index (χ0) is 8.55. The lowest BCUT2D eigenvalue weighted by atomic mass is 10.1. The molecule has 72 valence electrons. The van der Waals surface area contributed by atoms with E-state index in [-0.39, 0.29) is 18.4 Å². The summed E-state index contributed by atoms with van der Waals surface area (Å²) in [5, 5.41) is 0.